The van der Waals surface area contributed by atoms with Crippen molar-refractivity contribution >= 4 is 12.7 Å². The van der Waals surface area contributed by atoms with Crippen LogP contribution < -0.4 is 0 Å². The average molecular weight is 266 g/mol. The highest BCUT2D eigenvalue weighted by Crippen LogP contribution is 2.17. The van der Waals surface area contributed by atoms with Crippen LogP contribution in [0.2, 0.25) is 0 Å². The number of morpholine rings is 1. The largest absolute Gasteiger partial charge is 0.378 e. The van der Waals surface area contributed by atoms with Gasteiger partial charge < -0.3 is 14.5 Å². The molecule has 108 valence electrons. The van der Waals surface area contributed by atoms with Crippen LogP contribution in [-0.4, -0.2) is 75.5 Å². The van der Waals surface area contributed by atoms with Gasteiger partial charge in [-0.05, 0) is 25.2 Å². The minimum absolute atomic E-state index is 0.729. The Balaban J connectivity index is 1.69. The van der Waals surface area contributed by atoms with E-state index in [1.54, 1.807) is 0 Å². The van der Waals surface area contributed by atoms with Gasteiger partial charge in [0.1, 0.15) is 0 Å². The molecule has 1 unspecified atom stereocenters. The fourth-order valence-corrected chi connectivity index (χ4v) is 2.65. The number of hydrogen-bond acceptors (Lipinski definition) is 3. The van der Waals surface area contributed by atoms with E-state index >= 15 is 0 Å². The lowest BCUT2D eigenvalue weighted by Gasteiger charge is -2.24. The number of likely N-dealkylation sites (tertiary alicyclic amines) is 1. The van der Waals surface area contributed by atoms with E-state index in [1.165, 1.54) is 19.3 Å². The molecule has 2 aliphatic rings. The summed E-state index contributed by atoms with van der Waals surface area (Å²) < 4.78 is 5.33. The van der Waals surface area contributed by atoms with Crippen molar-refractivity contribution in [1.29, 1.82) is 0 Å². The Labute approximate surface area is 116 Å². The van der Waals surface area contributed by atoms with E-state index in [9.17, 15) is 0 Å². The number of ether oxygens (including phenoxy) is 1. The normalized spacial score (nSPS) is 26.3. The molecule has 2 rings (SSSR count). The average Bonchev–Trinajstić information content (AvgIpc) is 2.66. The van der Waals surface area contributed by atoms with Gasteiger partial charge in [-0.15, -0.1) is 0 Å². The summed E-state index contributed by atoms with van der Waals surface area (Å²) in [5, 5.41) is 0. The minimum Gasteiger partial charge on any atom is -0.378 e. The molecule has 1 atom stereocenters. The van der Waals surface area contributed by atoms with Gasteiger partial charge in [0.05, 0.1) is 25.9 Å². The summed E-state index contributed by atoms with van der Waals surface area (Å²) in [6.45, 7) is 6.86. The van der Waals surface area contributed by atoms with Crippen LogP contribution in [0.4, 0.5) is 0 Å². The topological polar surface area (TPSA) is 40.4 Å². The van der Waals surface area contributed by atoms with Gasteiger partial charge in [0.2, 0.25) is 0 Å². The molecule has 0 aliphatic carbocycles. The van der Waals surface area contributed by atoms with Crippen LogP contribution in [0.1, 0.15) is 19.3 Å². The highest BCUT2D eigenvalue weighted by molar-refractivity contribution is 5.55. The van der Waals surface area contributed by atoms with Gasteiger partial charge in [-0.3, -0.25) is 9.98 Å². The summed E-state index contributed by atoms with van der Waals surface area (Å²) in [7, 11) is 1.84. The maximum absolute atomic E-state index is 5.33. The second kappa shape index (κ2) is 8.15. The van der Waals surface area contributed by atoms with Crippen molar-refractivity contribution < 1.29 is 4.74 Å². The molecule has 0 amide bonds. The number of hydrogen-bond donors (Lipinski definition) is 0. The zero-order chi connectivity index (χ0) is 13.3. The summed E-state index contributed by atoms with van der Waals surface area (Å²) in [5.41, 5.74) is 0. The second-order valence-corrected chi connectivity index (χ2v) is 5.34. The van der Waals surface area contributed by atoms with Crippen molar-refractivity contribution in [3.8, 4) is 0 Å². The summed E-state index contributed by atoms with van der Waals surface area (Å²) >= 11 is 0. The van der Waals surface area contributed by atoms with Crippen molar-refractivity contribution in [3.05, 3.63) is 0 Å². The van der Waals surface area contributed by atoms with E-state index in [4.69, 9.17) is 4.74 Å². The monoisotopic (exact) mass is 266 g/mol. The molecule has 19 heavy (non-hydrogen) atoms. The van der Waals surface area contributed by atoms with E-state index in [-0.39, 0.29) is 0 Å². The van der Waals surface area contributed by atoms with Crippen LogP contribution >= 0.6 is 0 Å². The van der Waals surface area contributed by atoms with Gasteiger partial charge in [0.15, 0.2) is 0 Å². The molecule has 0 aromatic rings. The van der Waals surface area contributed by atoms with Gasteiger partial charge in [-0.1, -0.05) is 0 Å². The van der Waals surface area contributed by atoms with E-state index < -0.39 is 0 Å². The lowest BCUT2D eigenvalue weighted by atomic mass is 10.0. The Hall–Kier alpha value is -1.10. The molecular weight excluding hydrogens is 240 g/mol. The van der Waals surface area contributed by atoms with Crippen LogP contribution in [0, 0.1) is 5.92 Å². The molecule has 0 aromatic carbocycles. The summed E-state index contributed by atoms with van der Waals surface area (Å²) in [6.07, 6.45) is 7.77. The first kappa shape index (κ1) is 14.3. The predicted octanol–water partition coefficient (Wildman–Crippen LogP) is 1.11. The first-order chi connectivity index (χ1) is 9.38. The highest BCUT2D eigenvalue weighted by atomic mass is 16.5. The first-order valence-corrected chi connectivity index (χ1v) is 7.36. The molecule has 5 heteroatoms. The van der Waals surface area contributed by atoms with Crippen molar-refractivity contribution in [2.45, 2.75) is 19.3 Å². The predicted molar refractivity (Wildman–Crippen MR) is 79.1 cm³/mol. The van der Waals surface area contributed by atoms with Crippen LogP contribution in [-0.2, 0) is 4.74 Å². The Bertz CT molecular complexity index is 300. The standard InChI is InChI=1S/C14H26N4O/c1-15-12-17-5-2-3-14(4-6-17)11-16-13-18-7-9-19-10-8-18/h12-14H,2-11H2,1H3. The molecule has 0 bridgehead atoms. The molecule has 0 spiro atoms. The molecule has 2 fully saturated rings. The van der Waals surface area contributed by atoms with E-state index in [2.05, 4.69) is 19.8 Å². The smallest absolute Gasteiger partial charge is 0.0851 e. The number of aliphatic imine (C=N–C) groups is 2. The summed E-state index contributed by atoms with van der Waals surface area (Å²) in [4.78, 5) is 13.3. The quantitative estimate of drug-likeness (QED) is 0.565. The lowest BCUT2D eigenvalue weighted by Crippen LogP contribution is -2.35. The van der Waals surface area contributed by atoms with Gasteiger partial charge in [-0.25, -0.2) is 0 Å². The van der Waals surface area contributed by atoms with Crippen molar-refractivity contribution in [2.75, 3.05) is 53.0 Å². The molecule has 0 aromatic heterocycles. The Morgan fingerprint density at radius 2 is 1.84 bits per heavy atom. The third-order valence-electron chi connectivity index (χ3n) is 3.82. The van der Waals surface area contributed by atoms with Crippen molar-refractivity contribution in [2.24, 2.45) is 15.9 Å². The third kappa shape index (κ3) is 5.19. The first-order valence-electron chi connectivity index (χ1n) is 7.36. The van der Waals surface area contributed by atoms with E-state index in [0.29, 0.717) is 0 Å². The molecule has 2 heterocycles. The van der Waals surface area contributed by atoms with Gasteiger partial charge >= 0.3 is 0 Å². The summed E-state index contributed by atoms with van der Waals surface area (Å²) in [6, 6.07) is 0. The lowest BCUT2D eigenvalue weighted by molar-refractivity contribution is 0.0699. The third-order valence-corrected chi connectivity index (χ3v) is 3.82. The maximum Gasteiger partial charge on any atom is 0.0851 e. The molecule has 2 saturated heterocycles. The number of nitrogens with zero attached hydrogens (tertiary/aromatic N) is 4. The van der Waals surface area contributed by atoms with Crippen LogP contribution in [0.5, 0.6) is 0 Å². The van der Waals surface area contributed by atoms with E-state index in [1.807, 2.05) is 19.7 Å². The molecule has 5 nitrogen and oxygen atoms in total. The SMILES string of the molecule is CN=CN1CCCC(CN=CN2CCOCC2)CC1. The Kier molecular flexibility index (Phi) is 6.14. The zero-order valence-corrected chi connectivity index (χ0v) is 12.0. The molecule has 0 saturated carbocycles. The van der Waals surface area contributed by atoms with Crippen LogP contribution in [0.25, 0.3) is 0 Å². The van der Waals surface area contributed by atoms with Gasteiger partial charge in [0, 0.05) is 39.8 Å². The van der Waals surface area contributed by atoms with Crippen LogP contribution in [0.15, 0.2) is 9.98 Å². The Morgan fingerprint density at radius 3 is 2.63 bits per heavy atom. The minimum atomic E-state index is 0.729. The zero-order valence-electron chi connectivity index (χ0n) is 12.0. The second-order valence-electron chi connectivity index (χ2n) is 5.34. The maximum atomic E-state index is 5.33. The number of rotatable bonds is 4. The highest BCUT2D eigenvalue weighted by Gasteiger charge is 2.15. The molecule has 0 N–H and O–H groups in total. The van der Waals surface area contributed by atoms with E-state index in [0.717, 1.165) is 51.9 Å². The van der Waals surface area contributed by atoms with Crippen molar-refractivity contribution in [1.82, 2.24) is 9.80 Å². The summed E-state index contributed by atoms with van der Waals surface area (Å²) in [5.74, 6) is 0.729. The molecule has 2 aliphatic heterocycles. The fraction of sp³-hybridized carbons (Fsp3) is 0.857. The van der Waals surface area contributed by atoms with Crippen molar-refractivity contribution in [3.63, 3.8) is 0 Å². The van der Waals surface area contributed by atoms with Gasteiger partial charge in [-0.2, -0.15) is 0 Å². The van der Waals surface area contributed by atoms with Crippen LogP contribution in [0.3, 0.4) is 0 Å². The fourth-order valence-electron chi connectivity index (χ4n) is 2.65. The van der Waals surface area contributed by atoms with Gasteiger partial charge in [0.25, 0.3) is 0 Å². The molecule has 0 radical (unpaired) electrons. The Morgan fingerprint density at radius 1 is 1.05 bits per heavy atom. The molecular formula is C14H26N4O.